The molecule has 0 radical (unpaired) electrons. The van der Waals surface area contributed by atoms with Crippen molar-refractivity contribution in [1.29, 1.82) is 5.26 Å². The highest BCUT2D eigenvalue weighted by molar-refractivity contribution is 5.30. The fraction of sp³-hybridized carbons (Fsp3) is 0.538. The number of rotatable bonds is 6. The number of aliphatic hydroxyl groups is 1. The Hall–Kier alpha value is -1.44. The van der Waals surface area contributed by atoms with Gasteiger partial charge in [-0.25, -0.2) is 4.98 Å². The van der Waals surface area contributed by atoms with Crippen LogP contribution in [0.3, 0.4) is 0 Å². The molecule has 0 amide bonds. The summed E-state index contributed by atoms with van der Waals surface area (Å²) in [5, 5.41) is 22.1. The Labute approximate surface area is 102 Å². The van der Waals surface area contributed by atoms with E-state index in [9.17, 15) is 5.11 Å². The van der Waals surface area contributed by atoms with E-state index in [1.54, 1.807) is 6.20 Å². The summed E-state index contributed by atoms with van der Waals surface area (Å²) >= 11 is 0. The van der Waals surface area contributed by atoms with Crippen LogP contribution in [0.1, 0.15) is 37.9 Å². The maximum absolute atomic E-state index is 10.1. The van der Waals surface area contributed by atoms with E-state index in [0.29, 0.717) is 31.6 Å². The molecule has 0 bridgehead atoms. The number of aromatic nitrogens is 1. The van der Waals surface area contributed by atoms with Crippen LogP contribution in [0.25, 0.3) is 0 Å². The fourth-order valence-corrected chi connectivity index (χ4v) is 1.61. The molecule has 4 nitrogen and oxygen atoms in total. The summed E-state index contributed by atoms with van der Waals surface area (Å²) in [6, 6.07) is 5.74. The van der Waals surface area contributed by atoms with E-state index in [4.69, 9.17) is 5.26 Å². The molecule has 0 spiro atoms. The molecule has 1 rings (SSSR count). The van der Waals surface area contributed by atoms with Gasteiger partial charge in [0.25, 0.3) is 0 Å². The first-order chi connectivity index (χ1) is 8.15. The summed E-state index contributed by atoms with van der Waals surface area (Å²) in [5.74, 6) is 0. The lowest BCUT2D eigenvalue weighted by Crippen LogP contribution is -2.39. The van der Waals surface area contributed by atoms with Crippen LogP contribution in [0.5, 0.6) is 0 Å². The minimum Gasteiger partial charge on any atom is -0.389 e. The van der Waals surface area contributed by atoms with Crippen LogP contribution in [0.4, 0.5) is 0 Å². The van der Waals surface area contributed by atoms with Crippen molar-refractivity contribution < 1.29 is 5.11 Å². The van der Waals surface area contributed by atoms with Gasteiger partial charge in [0, 0.05) is 24.8 Å². The van der Waals surface area contributed by atoms with Crippen LogP contribution < -0.4 is 5.32 Å². The normalized spacial score (nSPS) is 11.2. The van der Waals surface area contributed by atoms with Crippen molar-refractivity contribution >= 4 is 0 Å². The van der Waals surface area contributed by atoms with Crippen LogP contribution in [0, 0.1) is 11.3 Å². The number of hydrogen-bond donors (Lipinski definition) is 2. The van der Waals surface area contributed by atoms with E-state index in [-0.39, 0.29) is 0 Å². The standard InChI is InChI=1S/C13H19N3O/c1-3-13(17,4-2)10-15-9-11-6-5-7-16-12(11)8-14/h5-7,15,17H,3-4,9-10H2,1-2H3. The van der Waals surface area contributed by atoms with Crippen LogP contribution in [0.15, 0.2) is 18.3 Å². The third-order valence-electron chi connectivity index (χ3n) is 3.08. The highest BCUT2D eigenvalue weighted by atomic mass is 16.3. The smallest absolute Gasteiger partial charge is 0.144 e. The number of nitrogens with zero attached hydrogens (tertiary/aromatic N) is 2. The van der Waals surface area contributed by atoms with Gasteiger partial charge in [-0.15, -0.1) is 0 Å². The number of nitriles is 1. The lowest BCUT2D eigenvalue weighted by molar-refractivity contribution is 0.0323. The van der Waals surface area contributed by atoms with E-state index in [2.05, 4.69) is 16.4 Å². The lowest BCUT2D eigenvalue weighted by Gasteiger charge is -2.25. The minimum atomic E-state index is -0.658. The van der Waals surface area contributed by atoms with Gasteiger partial charge in [-0.1, -0.05) is 19.9 Å². The Morgan fingerprint density at radius 2 is 2.18 bits per heavy atom. The average Bonchev–Trinajstić information content (AvgIpc) is 2.39. The van der Waals surface area contributed by atoms with Gasteiger partial charge >= 0.3 is 0 Å². The Morgan fingerprint density at radius 1 is 1.47 bits per heavy atom. The van der Waals surface area contributed by atoms with Crippen LogP contribution in [-0.2, 0) is 6.54 Å². The van der Waals surface area contributed by atoms with Gasteiger partial charge in [0.1, 0.15) is 11.8 Å². The van der Waals surface area contributed by atoms with Gasteiger partial charge < -0.3 is 10.4 Å². The molecule has 0 aliphatic heterocycles. The van der Waals surface area contributed by atoms with E-state index in [1.807, 2.05) is 26.0 Å². The Morgan fingerprint density at radius 3 is 2.76 bits per heavy atom. The van der Waals surface area contributed by atoms with Crippen molar-refractivity contribution in [2.45, 2.75) is 38.8 Å². The number of pyridine rings is 1. The zero-order chi connectivity index (χ0) is 12.7. The molecular formula is C13H19N3O. The first-order valence-corrected chi connectivity index (χ1v) is 5.92. The summed E-state index contributed by atoms with van der Waals surface area (Å²) in [4.78, 5) is 3.99. The van der Waals surface area contributed by atoms with Gasteiger partial charge in [0.2, 0.25) is 0 Å². The average molecular weight is 233 g/mol. The summed E-state index contributed by atoms with van der Waals surface area (Å²) < 4.78 is 0. The number of nitrogens with one attached hydrogen (secondary N) is 1. The second kappa shape index (κ2) is 6.33. The molecule has 0 aliphatic carbocycles. The van der Waals surface area contributed by atoms with Gasteiger partial charge in [-0.05, 0) is 18.9 Å². The summed E-state index contributed by atoms with van der Waals surface area (Å²) in [7, 11) is 0. The SMILES string of the molecule is CCC(O)(CC)CNCc1cccnc1C#N. The van der Waals surface area contributed by atoms with Crippen LogP contribution in [-0.4, -0.2) is 22.2 Å². The Balaban J connectivity index is 2.54. The van der Waals surface area contributed by atoms with Crippen molar-refractivity contribution in [1.82, 2.24) is 10.3 Å². The molecule has 0 aliphatic rings. The van der Waals surface area contributed by atoms with Crippen molar-refractivity contribution in [2.75, 3.05) is 6.54 Å². The van der Waals surface area contributed by atoms with E-state index < -0.39 is 5.60 Å². The highest BCUT2D eigenvalue weighted by Crippen LogP contribution is 2.13. The summed E-state index contributed by atoms with van der Waals surface area (Å²) in [5.41, 5.74) is 0.649. The van der Waals surface area contributed by atoms with Crippen molar-refractivity contribution in [3.63, 3.8) is 0 Å². The molecule has 0 saturated heterocycles. The molecule has 4 heteroatoms. The second-order valence-electron chi connectivity index (χ2n) is 4.16. The minimum absolute atomic E-state index is 0.441. The molecule has 0 atom stereocenters. The van der Waals surface area contributed by atoms with Gasteiger partial charge in [0.05, 0.1) is 5.60 Å². The third kappa shape index (κ3) is 3.81. The number of hydrogen-bond acceptors (Lipinski definition) is 4. The van der Waals surface area contributed by atoms with Crippen molar-refractivity contribution in [2.24, 2.45) is 0 Å². The zero-order valence-electron chi connectivity index (χ0n) is 10.4. The molecule has 0 unspecified atom stereocenters. The molecular weight excluding hydrogens is 214 g/mol. The van der Waals surface area contributed by atoms with Crippen molar-refractivity contribution in [3.8, 4) is 6.07 Å². The molecule has 2 N–H and O–H groups in total. The van der Waals surface area contributed by atoms with Gasteiger partial charge in [0.15, 0.2) is 0 Å². The first kappa shape index (κ1) is 13.6. The second-order valence-corrected chi connectivity index (χ2v) is 4.16. The fourth-order valence-electron chi connectivity index (χ4n) is 1.61. The molecule has 92 valence electrons. The zero-order valence-corrected chi connectivity index (χ0v) is 10.4. The first-order valence-electron chi connectivity index (χ1n) is 5.92. The highest BCUT2D eigenvalue weighted by Gasteiger charge is 2.21. The summed E-state index contributed by atoms with van der Waals surface area (Å²) in [6.07, 6.45) is 3.04. The Kier molecular flexibility index (Phi) is 5.08. The topological polar surface area (TPSA) is 68.9 Å². The maximum Gasteiger partial charge on any atom is 0.144 e. The monoisotopic (exact) mass is 233 g/mol. The predicted octanol–water partition coefficient (Wildman–Crippen LogP) is 1.59. The molecule has 1 aromatic rings. The largest absolute Gasteiger partial charge is 0.389 e. The van der Waals surface area contributed by atoms with E-state index >= 15 is 0 Å². The van der Waals surface area contributed by atoms with Crippen molar-refractivity contribution in [3.05, 3.63) is 29.6 Å². The third-order valence-corrected chi connectivity index (χ3v) is 3.08. The molecule has 0 aromatic carbocycles. The lowest BCUT2D eigenvalue weighted by atomic mass is 9.97. The molecule has 1 heterocycles. The predicted molar refractivity (Wildman–Crippen MR) is 66.2 cm³/mol. The van der Waals surface area contributed by atoms with Crippen LogP contribution in [0.2, 0.25) is 0 Å². The summed E-state index contributed by atoms with van der Waals surface area (Å²) in [6.45, 7) is 5.02. The Bertz CT molecular complexity index is 394. The van der Waals surface area contributed by atoms with Gasteiger partial charge in [-0.2, -0.15) is 5.26 Å². The molecule has 0 fully saturated rings. The van der Waals surface area contributed by atoms with E-state index in [0.717, 1.165) is 5.56 Å². The molecule has 1 aromatic heterocycles. The van der Waals surface area contributed by atoms with Gasteiger partial charge in [-0.3, -0.25) is 0 Å². The quantitative estimate of drug-likeness (QED) is 0.783. The van der Waals surface area contributed by atoms with Crippen LogP contribution >= 0.6 is 0 Å². The maximum atomic E-state index is 10.1. The molecule has 0 saturated carbocycles. The molecule has 17 heavy (non-hydrogen) atoms. The van der Waals surface area contributed by atoms with E-state index in [1.165, 1.54) is 0 Å².